The molecule has 2 N–H and O–H groups in total. The summed E-state index contributed by atoms with van der Waals surface area (Å²) in [4.78, 5) is 17.9. The molecule has 134 valence electrons. The van der Waals surface area contributed by atoms with Crippen LogP contribution in [-0.2, 0) is 11.3 Å². The summed E-state index contributed by atoms with van der Waals surface area (Å²) in [5.74, 6) is 0.400. The number of hydrogen-bond donors (Lipinski definition) is 2. The van der Waals surface area contributed by atoms with Crippen molar-refractivity contribution >= 4 is 11.9 Å². The first-order chi connectivity index (χ1) is 11.2. The molecule has 0 radical (unpaired) electrons. The van der Waals surface area contributed by atoms with Gasteiger partial charge in [-0.05, 0) is 31.5 Å². The van der Waals surface area contributed by atoms with Crippen LogP contribution in [0.2, 0.25) is 0 Å². The Morgan fingerprint density at radius 2 is 2.08 bits per heavy atom. The van der Waals surface area contributed by atoms with Crippen molar-refractivity contribution in [3.05, 3.63) is 29.6 Å². The maximum Gasteiger partial charge on any atom is 0.227 e. The van der Waals surface area contributed by atoms with Gasteiger partial charge < -0.3 is 20.3 Å². The van der Waals surface area contributed by atoms with Crippen LogP contribution in [0.3, 0.4) is 0 Å². The van der Waals surface area contributed by atoms with Gasteiger partial charge in [-0.3, -0.25) is 9.79 Å². The molecule has 0 aliphatic carbocycles. The SMILES string of the molecule is CN=C(NCC(C)(C)C(=O)NC)N(C)Cc1ccc(OC)c(F)c1. The third-order valence-electron chi connectivity index (χ3n) is 3.74. The summed E-state index contributed by atoms with van der Waals surface area (Å²) >= 11 is 0. The first-order valence-corrected chi connectivity index (χ1v) is 7.71. The monoisotopic (exact) mass is 338 g/mol. The van der Waals surface area contributed by atoms with E-state index in [0.29, 0.717) is 19.0 Å². The number of guanidine groups is 1. The van der Waals surface area contributed by atoms with Gasteiger partial charge in [0, 0.05) is 34.2 Å². The number of amides is 1. The zero-order chi connectivity index (χ0) is 18.3. The van der Waals surface area contributed by atoms with Crippen LogP contribution in [0.15, 0.2) is 23.2 Å². The first-order valence-electron chi connectivity index (χ1n) is 7.71. The molecule has 0 atom stereocenters. The van der Waals surface area contributed by atoms with Gasteiger partial charge in [-0.25, -0.2) is 4.39 Å². The third kappa shape index (κ3) is 5.11. The van der Waals surface area contributed by atoms with E-state index in [2.05, 4.69) is 15.6 Å². The van der Waals surface area contributed by atoms with Gasteiger partial charge in [-0.2, -0.15) is 0 Å². The van der Waals surface area contributed by atoms with Crippen LogP contribution in [0.1, 0.15) is 19.4 Å². The number of nitrogens with one attached hydrogen (secondary N) is 2. The summed E-state index contributed by atoms with van der Waals surface area (Å²) in [5.41, 5.74) is 0.224. The number of rotatable bonds is 6. The van der Waals surface area contributed by atoms with E-state index in [1.165, 1.54) is 13.2 Å². The lowest BCUT2D eigenvalue weighted by molar-refractivity contribution is -0.128. The van der Waals surface area contributed by atoms with Crippen molar-refractivity contribution in [3.63, 3.8) is 0 Å². The third-order valence-corrected chi connectivity index (χ3v) is 3.74. The van der Waals surface area contributed by atoms with Gasteiger partial charge in [-0.15, -0.1) is 0 Å². The van der Waals surface area contributed by atoms with Gasteiger partial charge >= 0.3 is 0 Å². The van der Waals surface area contributed by atoms with E-state index in [1.807, 2.05) is 25.8 Å². The Balaban J connectivity index is 2.72. The second-order valence-electron chi connectivity index (χ2n) is 6.19. The van der Waals surface area contributed by atoms with Gasteiger partial charge in [-0.1, -0.05) is 6.07 Å². The van der Waals surface area contributed by atoms with E-state index in [4.69, 9.17) is 4.74 Å². The number of methoxy groups -OCH3 is 1. The zero-order valence-corrected chi connectivity index (χ0v) is 15.2. The van der Waals surface area contributed by atoms with Gasteiger partial charge in [0.25, 0.3) is 0 Å². The number of ether oxygens (including phenoxy) is 1. The second-order valence-corrected chi connectivity index (χ2v) is 6.19. The van der Waals surface area contributed by atoms with E-state index in [0.717, 1.165) is 5.56 Å². The molecule has 24 heavy (non-hydrogen) atoms. The standard InChI is InChI=1S/C17H27FN4O2/c1-17(2,15(23)19-3)11-21-16(20-4)22(5)10-12-7-8-14(24-6)13(18)9-12/h7-9H,10-11H2,1-6H3,(H,19,23)(H,20,21). The van der Waals surface area contributed by atoms with E-state index in [-0.39, 0.29) is 11.7 Å². The predicted octanol–water partition coefficient (Wildman–Crippen LogP) is 1.61. The van der Waals surface area contributed by atoms with Crippen LogP contribution < -0.4 is 15.4 Å². The molecule has 0 spiro atoms. The highest BCUT2D eigenvalue weighted by Crippen LogP contribution is 2.18. The van der Waals surface area contributed by atoms with E-state index in [9.17, 15) is 9.18 Å². The maximum absolute atomic E-state index is 13.8. The smallest absolute Gasteiger partial charge is 0.227 e. The summed E-state index contributed by atoms with van der Waals surface area (Å²) in [6, 6.07) is 4.85. The van der Waals surface area contributed by atoms with Crippen molar-refractivity contribution in [2.24, 2.45) is 10.4 Å². The highest BCUT2D eigenvalue weighted by atomic mass is 19.1. The summed E-state index contributed by atoms with van der Waals surface area (Å²) in [7, 11) is 6.57. The Morgan fingerprint density at radius 3 is 2.58 bits per heavy atom. The van der Waals surface area contributed by atoms with Crippen LogP contribution in [0.25, 0.3) is 0 Å². The number of hydrogen-bond acceptors (Lipinski definition) is 3. The number of carbonyl (C=O) groups excluding carboxylic acids is 1. The fourth-order valence-corrected chi connectivity index (χ4v) is 2.26. The fraction of sp³-hybridized carbons (Fsp3) is 0.529. The quantitative estimate of drug-likeness (QED) is 0.611. The van der Waals surface area contributed by atoms with Crippen LogP contribution in [0, 0.1) is 11.2 Å². The second kappa shape index (κ2) is 8.52. The molecular formula is C17H27FN4O2. The Bertz CT molecular complexity index is 602. The maximum atomic E-state index is 13.8. The summed E-state index contributed by atoms with van der Waals surface area (Å²) < 4.78 is 18.7. The molecule has 0 aliphatic heterocycles. The molecule has 0 saturated heterocycles. The highest BCUT2D eigenvalue weighted by molar-refractivity contribution is 5.84. The van der Waals surface area contributed by atoms with Crippen LogP contribution in [-0.4, -0.2) is 51.6 Å². The van der Waals surface area contributed by atoms with Crippen LogP contribution in [0.4, 0.5) is 4.39 Å². The lowest BCUT2D eigenvalue weighted by Gasteiger charge is -2.27. The molecule has 0 saturated carbocycles. The fourth-order valence-electron chi connectivity index (χ4n) is 2.26. The molecule has 0 aliphatic rings. The molecule has 0 bridgehead atoms. The van der Waals surface area contributed by atoms with Crippen molar-refractivity contribution in [1.29, 1.82) is 0 Å². The summed E-state index contributed by atoms with van der Waals surface area (Å²) in [5, 5.41) is 5.83. The Hall–Kier alpha value is -2.31. The normalized spacial score (nSPS) is 11.9. The Morgan fingerprint density at radius 1 is 1.42 bits per heavy atom. The number of carbonyl (C=O) groups is 1. The van der Waals surface area contributed by atoms with E-state index >= 15 is 0 Å². The molecule has 1 aromatic carbocycles. The Labute approximate surface area is 143 Å². The van der Waals surface area contributed by atoms with Crippen molar-refractivity contribution in [2.75, 3.05) is 34.8 Å². The van der Waals surface area contributed by atoms with Gasteiger partial charge in [0.2, 0.25) is 5.91 Å². The lowest BCUT2D eigenvalue weighted by Crippen LogP contribution is -2.47. The minimum absolute atomic E-state index is 0.0506. The molecule has 1 amide bonds. The van der Waals surface area contributed by atoms with Crippen molar-refractivity contribution in [3.8, 4) is 5.75 Å². The number of benzene rings is 1. The lowest BCUT2D eigenvalue weighted by atomic mass is 9.92. The van der Waals surface area contributed by atoms with Gasteiger partial charge in [0.1, 0.15) is 0 Å². The van der Waals surface area contributed by atoms with Crippen molar-refractivity contribution in [2.45, 2.75) is 20.4 Å². The number of aliphatic imine (C=N–C) groups is 1. The highest BCUT2D eigenvalue weighted by Gasteiger charge is 2.27. The average molecular weight is 338 g/mol. The van der Waals surface area contributed by atoms with E-state index in [1.54, 1.807) is 26.2 Å². The molecule has 6 nitrogen and oxygen atoms in total. The van der Waals surface area contributed by atoms with Gasteiger partial charge in [0.15, 0.2) is 17.5 Å². The molecule has 0 heterocycles. The largest absolute Gasteiger partial charge is 0.494 e. The summed E-state index contributed by atoms with van der Waals surface area (Å²) in [6.45, 7) is 4.61. The minimum atomic E-state index is -0.572. The van der Waals surface area contributed by atoms with Crippen LogP contribution in [0.5, 0.6) is 5.75 Å². The molecule has 7 heteroatoms. The van der Waals surface area contributed by atoms with E-state index < -0.39 is 11.2 Å². The first kappa shape index (κ1) is 19.7. The van der Waals surface area contributed by atoms with Crippen molar-refractivity contribution < 1.29 is 13.9 Å². The average Bonchev–Trinajstić information content (AvgIpc) is 2.54. The number of nitrogens with zero attached hydrogens (tertiary/aromatic N) is 2. The van der Waals surface area contributed by atoms with Crippen molar-refractivity contribution in [1.82, 2.24) is 15.5 Å². The van der Waals surface area contributed by atoms with Crippen LogP contribution >= 0.6 is 0 Å². The molecular weight excluding hydrogens is 311 g/mol. The molecule has 1 aromatic rings. The molecule has 0 fully saturated rings. The molecule has 1 rings (SSSR count). The summed E-state index contributed by atoms with van der Waals surface area (Å²) in [6.07, 6.45) is 0. The van der Waals surface area contributed by atoms with Gasteiger partial charge in [0.05, 0.1) is 12.5 Å². The minimum Gasteiger partial charge on any atom is -0.494 e. The molecule has 0 unspecified atom stereocenters. The molecule has 0 aromatic heterocycles. The predicted molar refractivity (Wildman–Crippen MR) is 93.6 cm³/mol. The number of halogens is 1. The topological polar surface area (TPSA) is 66.0 Å². The Kier molecular flexibility index (Phi) is 7.00. The zero-order valence-electron chi connectivity index (χ0n) is 15.2.